The van der Waals surface area contributed by atoms with Crippen molar-refractivity contribution in [1.82, 2.24) is 0 Å². The average molecular weight is 493 g/mol. The van der Waals surface area contributed by atoms with E-state index in [0.29, 0.717) is 6.42 Å². The molecule has 0 spiro atoms. The third-order valence-corrected chi connectivity index (χ3v) is 7.98. The van der Waals surface area contributed by atoms with Gasteiger partial charge in [0.25, 0.3) is 0 Å². The fraction of sp³-hybridized carbons (Fsp3) is 0.345. The summed E-state index contributed by atoms with van der Waals surface area (Å²) in [7, 11) is 0. The second kappa shape index (κ2) is 12.9. The van der Waals surface area contributed by atoms with Gasteiger partial charge in [-0.3, -0.25) is 4.79 Å². The molecule has 34 heavy (non-hydrogen) atoms. The molecule has 0 radical (unpaired) electrons. The molecular weight excluding hydrogens is 456 g/mol. The highest BCUT2D eigenvalue weighted by molar-refractivity contribution is 8.00. The predicted molar refractivity (Wildman–Crippen MR) is 150 cm³/mol. The first-order chi connectivity index (χ1) is 16.6. The van der Waals surface area contributed by atoms with Gasteiger partial charge in [0.05, 0.1) is 6.42 Å². The number of anilines is 2. The standard InChI is InChI=1S/C27H30N2OS2.C2H6/c1-3-28-22-11-15-25(16-12-22)32-27(17-18-27)21-7-9-23(10-8-21)29-26(30)19-20-5-13-24(14-6-20)31-4-2;1-2/h5-16,28H,3-4,17-19H2,1-2H3,(H,29,30);1-2H3. The van der Waals surface area contributed by atoms with Gasteiger partial charge in [0.1, 0.15) is 0 Å². The Morgan fingerprint density at radius 2 is 1.41 bits per heavy atom. The van der Waals surface area contributed by atoms with Crippen molar-refractivity contribution in [2.24, 2.45) is 0 Å². The lowest BCUT2D eigenvalue weighted by Gasteiger charge is -2.16. The molecule has 0 heterocycles. The van der Waals surface area contributed by atoms with Crippen LogP contribution in [0.4, 0.5) is 11.4 Å². The number of rotatable bonds is 10. The Hall–Kier alpha value is -2.37. The zero-order valence-electron chi connectivity index (χ0n) is 20.7. The number of hydrogen-bond acceptors (Lipinski definition) is 4. The second-order valence-electron chi connectivity index (χ2n) is 8.03. The van der Waals surface area contributed by atoms with Crippen molar-refractivity contribution in [2.45, 2.75) is 61.5 Å². The maximum absolute atomic E-state index is 12.5. The van der Waals surface area contributed by atoms with E-state index in [1.165, 1.54) is 28.2 Å². The number of hydrogen-bond donors (Lipinski definition) is 2. The fourth-order valence-corrected chi connectivity index (χ4v) is 5.70. The zero-order valence-corrected chi connectivity index (χ0v) is 22.3. The van der Waals surface area contributed by atoms with E-state index >= 15 is 0 Å². The van der Waals surface area contributed by atoms with Crippen LogP contribution in [0.2, 0.25) is 0 Å². The van der Waals surface area contributed by atoms with E-state index in [9.17, 15) is 4.79 Å². The van der Waals surface area contributed by atoms with E-state index in [1.807, 2.05) is 61.6 Å². The Balaban J connectivity index is 0.00000158. The quantitative estimate of drug-likeness (QED) is 0.280. The molecule has 3 aromatic carbocycles. The molecule has 0 aliphatic heterocycles. The van der Waals surface area contributed by atoms with Gasteiger partial charge in [-0.1, -0.05) is 45.0 Å². The molecule has 0 bridgehead atoms. The molecule has 2 N–H and O–H groups in total. The minimum absolute atomic E-state index is 0.0185. The maximum Gasteiger partial charge on any atom is 0.228 e. The van der Waals surface area contributed by atoms with Gasteiger partial charge in [-0.05, 0) is 85.2 Å². The molecule has 180 valence electrons. The van der Waals surface area contributed by atoms with Crippen molar-refractivity contribution in [3.63, 3.8) is 0 Å². The molecule has 1 aliphatic carbocycles. The maximum atomic E-state index is 12.5. The van der Waals surface area contributed by atoms with Gasteiger partial charge in [-0.2, -0.15) is 0 Å². The number of nitrogens with one attached hydrogen (secondary N) is 2. The summed E-state index contributed by atoms with van der Waals surface area (Å²) in [6.07, 6.45) is 2.76. The van der Waals surface area contributed by atoms with E-state index in [0.717, 1.165) is 29.2 Å². The first kappa shape index (κ1) is 26.2. The number of carbonyl (C=O) groups is 1. The molecular formula is C29H36N2OS2. The largest absolute Gasteiger partial charge is 0.385 e. The summed E-state index contributed by atoms with van der Waals surface area (Å²) in [6.45, 7) is 9.19. The summed E-state index contributed by atoms with van der Waals surface area (Å²) in [5, 5.41) is 6.38. The van der Waals surface area contributed by atoms with Crippen LogP contribution in [0.15, 0.2) is 82.6 Å². The van der Waals surface area contributed by atoms with Gasteiger partial charge < -0.3 is 10.6 Å². The van der Waals surface area contributed by atoms with E-state index in [2.05, 4.69) is 73.0 Å². The summed E-state index contributed by atoms with van der Waals surface area (Å²) in [5.41, 5.74) is 4.39. The second-order valence-corrected chi connectivity index (χ2v) is 10.8. The van der Waals surface area contributed by atoms with Crippen LogP contribution in [0.25, 0.3) is 0 Å². The number of benzene rings is 3. The summed E-state index contributed by atoms with van der Waals surface area (Å²) in [6, 6.07) is 25.4. The summed E-state index contributed by atoms with van der Waals surface area (Å²) in [5.74, 6) is 1.07. The van der Waals surface area contributed by atoms with Crippen LogP contribution < -0.4 is 10.6 Å². The topological polar surface area (TPSA) is 41.1 Å². The highest BCUT2D eigenvalue weighted by Crippen LogP contribution is 2.59. The highest BCUT2D eigenvalue weighted by atomic mass is 32.2. The average Bonchev–Trinajstić information content (AvgIpc) is 3.64. The van der Waals surface area contributed by atoms with Crippen molar-refractivity contribution in [2.75, 3.05) is 22.9 Å². The van der Waals surface area contributed by atoms with Crippen LogP contribution in [0.1, 0.15) is 51.7 Å². The molecule has 1 aliphatic rings. The van der Waals surface area contributed by atoms with Crippen LogP contribution in [0.3, 0.4) is 0 Å². The van der Waals surface area contributed by atoms with Crippen molar-refractivity contribution in [3.8, 4) is 0 Å². The minimum Gasteiger partial charge on any atom is -0.385 e. The Labute approximate surface area is 213 Å². The fourth-order valence-electron chi connectivity index (χ4n) is 3.75. The van der Waals surface area contributed by atoms with Gasteiger partial charge in [0.15, 0.2) is 0 Å². The molecule has 4 rings (SSSR count). The van der Waals surface area contributed by atoms with Crippen molar-refractivity contribution >= 4 is 40.8 Å². The number of amides is 1. The van der Waals surface area contributed by atoms with Crippen molar-refractivity contribution < 1.29 is 4.79 Å². The van der Waals surface area contributed by atoms with Crippen LogP contribution >= 0.6 is 23.5 Å². The van der Waals surface area contributed by atoms with Crippen molar-refractivity contribution in [3.05, 3.63) is 83.9 Å². The Morgan fingerprint density at radius 1 is 0.824 bits per heavy atom. The molecule has 0 unspecified atom stereocenters. The van der Waals surface area contributed by atoms with Gasteiger partial charge in [-0.25, -0.2) is 0 Å². The first-order valence-corrected chi connectivity index (χ1v) is 14.1. The molecule has 1 amide bonds. The van der Waals surface area contributed by atoms with Crippen LogP contribution in [-0.2, 0) is 16.0 Å². The van der Waals surface area contributed by atoms with Crippen LogP contribution in [0.5, 0.6) is 0 Å². The van der Waals surface area contributed by atoms with E-state index in [4.69, 9.17) is 0 Å². The lowest BCUT2D eigenvalue weighted by Crippen LogP contribution is -2.14. The van der Waals surface area contributed by atoms with Gasteiger partial charge >= 0.3 is 0 Å². The van der Waals surface area contributed by atoms with E-state index in [1.54, 1.807) is 0 Å². The molecule has 0 aromatic heterocycles. The smallest absolute Gasteiger partial charge is 0.228 e. The summed E-state index contributed by atoms with van der Waals surface area (Å²) in [4.78, 5) is 15.0. The van der Waals surface area contributed by atoms with E-state index < -0.39 is 0 Å². The Morgan fingerprint density at radius 3 is 1.97 bits per heavy atom. The predicted octanol–water partition coefficient (Wildman–Crippen LogP) is 8.22. The first-order valence-electron chi connectivity index (χ1n) is 12.3. The SMILES string of the molecule is CC.CCNc1ccc(SC2(c3ccc(NC(=O)Cc4ccc(SCC)cc4)cc3)CC2)cc1. The van der Waals surface area contributed by atoms with E-state index in [-0.39, 0.29) is 10.7 Å². The highest BCUT2D eigenvalue weighted by Gasteiger charge is 2.45. The number of thioether (sulfide) groups is 2. The molecule has 1 fully saturated rings. The third kappa shape index (κ3) is 7.31. The van der Waals surface area contributed by atoms with Crippen LogP contribution in [-0.4, -0.2) is 18.2 Å². The third-order valence-electron chi connectivity index (χ3n) is 5.55. The zero-order chi connectivity index (χ0) is 24.4. The normalized spacial score (nSPS) is 13.4. The molecule has 0 atom stereocenters. The lowest BCUT2D eigenvalue weighted by atomic mass is 10.1. The van der Waals surface area contributed by atoms with Gasteiger partial charge in [-0.15, -0.1) is 23.5 Å². The van der Waals surface area contributed by atoms with Gasteiger partial charge in [0.2, 0.25) is 5.91 Å². The molecule has 3 aromatic rings. The minimum atomic E-state index is 0.0185. The Bertz CT molecular complexity index is 1030. The summed E-state index contributed by atoms with van der Waals surface area (Å²) >= 11 is 3.76. The lowest BCUT2D eigenvalue weighted by molar-refractivity contribution is -0.115. The monoisotopic (exact) mass is 492 g/mol. The molecule has 0 saturated heterocycles. The molecule has 1 saturated carbocycles. The van der Waals surface area contributed by atoms with Crippen LogP contribution in [0, 0.1) is 0 Å². The Kier molecular flexibility index (Phi) is 9.97. The molecule has 5 heteroatoms. The molecule has 3 nitrogen and oxygen atoms in total. The van der Waals surface area contributed by atoms with Gasteiger partial charge in [0, 0.05) is 32.5 Å². The number of carbonyl (C=O) groups excluding carboxylic acids is 1. The summed E-state index contributed by atoms with van der Waals surface area (Å²) < 4.78 is 0.167. The van der Waals surface area contributed by atoms with Crippen molar-refractivity contribution in [1.29, 1.82) is 0 Å².